The van der Waals surface area contributed by atoms with Gasteiger partial charge in [-0.15, -0.1) is 4.72 Å². The normalized spacial score (nSPS) is 19.3. The second kappa shape index (κ2) is 7.26. The van der Waals surface area contributed by atoms with Gasteiger partial charge >= 0.3 is 0 Å². The summed E-state index contributed by atoms with van der Waals surface area (Å²) < 4.78 is 53.4. The van der Waals surface area contributed by atoms with Crippen LogP contribution in [0.2, 0.25) is 0 Å². The zero-order valence-electron chi connectivity index (χ0n) is 16.0. The number of nitro benzene ring substituents is 1. The van der Waals surface area contributed by atoms with Crippen LogP contribution in [0, 0.1) is 27.3 Å². The summed E-state index contributed by atoms with van der Waals surface area (Å²) in [5, 5.41) is 20.4. The molecule has 0 unspecified atom stereocenters. The van der Waals surface area contributed by atoms with Crippen molar-refractivity contribution in [2.45, 2.75) is 55.6 Å². The molecule has 1 aromatic rings. The monoisotopic (exact) mass is 431 g/mol. The van der Waals surface area contributed by atoms with Gasteiger partial charge in [0.1, 0.15) is 16.1 Å². The van der Waals surface area contributed by atoms with Crippen LogP contribution in [0.4, 0.5) is 10.1 Å². The molecule has 2 rings (SSSR count). The molecular formula is C17H22FN3O5S2. The van der Waals surface area contributed by atoms with Crippen molar-refractivity contribution in [1.82, 2.24) is 4.72 Å². The molecule has 0 heterocycles. The number of benzene rings is 1. The first-order valence-electron chi connectivity index (χ1n) is 8.45. The maximum absolute atomic E-state index is 14.6. The highest BCUT2D eigenvalue weighted by molar-refractivity contribution is 7.93. The van der Waals surface area contributed by atoms with Crippen LogP contribution in [0.25, 0.3) is 0 Å². The number of nitriles is 1. The summed E-state index contributed by atoms with van der Waals surface area (Å²) in [6.45, 7) is 6.26. The van der Waals surface area contributed by atoms with Crippen LogP contribution in [0.15, 0.2) is 18.2 Å². The van der Waals surface area contributed by atoms with Crippen molar-refractivity contribution in [1.29, 1.82) is 5.26 Å². The van der Waals surface area contributed by atoms with Crippen molar-refractivity contribution in [2.75, 3.05) is 5.75 Å². The lowest BCUT2D eigenvalue weighted by atomic mass is 9.94. The van der Waals surface area contributed by atoms with Gasteiger partial charge in [0.25, 0.3) is 5.69 Å². The van der Waals surface area contributed by atoms with Crippen LogP contribution in [0.3, 0.4) is 0 Å². The van der Waals surface area contributed by atoms with E-state index < -0.39 is 58.4 Å². The van der Waals surface area contributed by atoms with E-state index >= 15 is 0 Å². The number of hydrogen-bond acceptors (Lipinski definition) is 7. The quantitative estimate of drug-likeness (QED) is 0.398. The second-order valence-electron chi connectivity index (χ2n) is 8.10. The van der Waals surface area contributed by atoms with Gasteiger partial charge in [0, 0.05) is 29.1 Å². The third-order valence-corrected chi connectivity index (χ3v) is 9.01. The Hall–Kier alpha value is -1.74. The fraction of sp³-hybridized carbons (Fsp3) is 0.588. The van der Waals surface area contributed by atoms with Crippen LogP contribution in [0.5, 0.6) is 0 Å². The first-order valence-corrected chi connectivity index (χ1v) is 11.3. The number of non-ortho nitro benzene ring substituents is 1. The van der Waals surface area contributed by atoms with Crippen molar-refractivity contribution in [3.8, 4) is 6.07 Å². The Labute approximate surface area is 166 Å². The van der Waals surface area contributed by atoms with E-state index in [0.29, 0.717) is 0 Å². The number of nitrogens with one attached hydrogen (secondary N) is 1. The topological polar surface area (TPSA) is 136 Å². The van der Waals surface area contributed by atoms with Gasteiger partial charge in [-0.05, 0) is 46.6 Å². The molecular weight excluding hydrogens is 409 g/mol. The van der Waals surface area contributed by atoms with Gasteiger partial charge in [-0.3, -0.25) is 10.1 Å². The zero-order valence-corrected chi connectivity index (χ0v) is 17.6. The van der Waals surface area contributed by atoms with E-state index in [-0.39, 0.29) is 18.4 Å². The van der Waals surface area contributed by atoms with Crippen LogP contribution >= 0.6 is 0 Å². The fourth-order valence-corrected chi connectivity index (χ4v) is 5.81. The number of halogens is 1. The number of rotatable bonds is 7. The second-order valence-corrected chi connectivity index (χ2v) is 12.4. The third-order valence-electron chi connectivity index (χ3n) is 4.61. The Bertz CT molecular complexity index is 935. The van der Waals surface area contributed by atoms with Gasteiger partial charge in [-0.2, -0.15) is 5.26 Å². The van der Waals surface area contributed by atoms with Gasteiger partial charge in [-0.25, -0.2) is 12.8 Å². The van der Waals surface area contributed by atoms with E-state index in [2.05, 4.69) is 4.72 Å². The predicted molar refractivity (Wildman–Crippen MR) is 103 cm³/mol. The summed E-state index contributed by atoms with van der Waals surface area (Å²) >= 11 is -1.81. The molecule has 0 aromatic heterocycles. The highest BCUT2D eigenvalue weighted by atomic mass is 32.2. The summed E-state index contributed by atoms with van der Waals surface area (Å²) in [5.74, 6) is -1.60. The van der Waals surface area contributed by atoms with Crippen LogP contribution in [-0.2, 0) is 26.7 Å². The van der Waals surface area contributed by atoms with E-state index in [4.69, 9.17) is 0 Å². The lowest BCUT2D eigenvalue weighted by molar-refractivity contribution is -0.385. The van der Waals surface area contributed by atoms with Gasteiger partial charge in [-0.1, -0.05) is 0 Å². The standard InChI is InChI=1S/C17H22FN3O5S2/c1-15(2,3)27(24)20-16(4,11-28(25,26)17(10-19)7-8-17)13-9-12(21(22)23)5-6-14(13)18/h5-6,9,20H,7-8,11H2,1-4H3/t16-,27-/m1/s1. The molecule has 1 N–H and O–H groups in total. The van der Waals surface area contributed by atoms with Crippen molar-refractivity contribution in [2.24, 2.45) is 0 Å². The Morgan fingerprint density at radius 3 is 2.36 bits per heavy atom. The van der Waals surface area contributed by atoms with Crippen LogP contribution < -0.4 is 4.72 Å². The van der Waals surface area contributed by atoms with E-state index in [1.165, 1.54) is 6.92 Å². The molecule has 28 heavy (non-hydrogen) atoms. The maximum atomic E-state index is 14.6. The van der Waals surface area contributed by atoms with Crippen LogP contribution in [0.1, 0.15) is 46.1 Å². The summed E-state index contributed by atoms with van der Waals surface area (Å²) in [4.78, 5) is 10.4. The summed E-state index contributed by atoms with van der Waals surface area (Å²) in [6.07, 6.45) is 0.337. The third kappa shape index (κ3) is 4.30. The lowest BCUT2D eigenvalue weighted by Crippen LogP contribution is -2.54. The first kappa shape index (κ1) is 22.5. The minimum atomic E-state index is -4.04. The molecule has 0 saturated heterocycles. The molecule has 0 aliphatic heterocycles. The van der Waals surface area contributed by atoms with Crippen molar-refractivity contribution >= 4 is 26.9 Å². The molecule has 2 atom stereocenters. The van der Waals surface area contributed by atoms with Gasteiger partial charge in [0.2, 0.25) is 0 Å². The SMILES string of the molecule is CC(C)(C)[S@@+]([O-])N[C@](C)(CS(=O)(=O)C1(C#N)CC1)c1cc([N+](=O)[O-])ccc1F. The van der Waals surface area contributed by atoms with E-state index in [1.54, 1.807) is 26.8 Å². The largest absolute Gasteiger partial charge is 0.598 e. The highest BCUT2D eigenvalue weighted by Gasteiger charge is 2.58. The number of hydrogen-bond donors (Lipinski definition) is 1. The highest BCUT2D eigenvalue weighted by Crippen LogP contribution is 2.45. The Morgan fingerprint density at radius 2 is 1.93 bits per heavy atom. The molecule has 1 aliphatic carbocycles. The molecule has 1 saturated carbocycles. The number of sulfone groups is 1. The van der Waals surface area contributed by atoms with Crippen LogP contribution in [-0.4, -0.2) is 33.1 Å². The van der Waals surface area contributed by atoms with Gasteiger partial charge < -0.3 is 4.55 Å². The van der Waals surface area contributed by atoms with Crippen molar-refractivity contribution in [3.05, 3.63) is 39.7 Å². The summed E-state index contributed by atoms with van der Waals surface area (Å²) in [6, 6.07) is 4.57. The smallest absolute Gasteiger partial charge is 0.269 e. The van der Waals surface area contributed by atoms with E-state index in [0.717, 1.165) is 18.2 Å². The summed E-state index contributed by atoms with van der Waals surface area (Å²) in [5.41, 5.74) is -2.47. The molecule has 154 valence electrons. The molecule has 0 radical (unpaired) electrons. The van der Waals surface area contributed by atoms with E-state index in [9.17, 15) is 32.7 Å². The molecule has 0 bridgehead atoms. The number of nitrogens with zero attached hydrogens (tertiary/aromatic N) is 2. The molecule has 8 nitrogen and oxygen atoms in total. The zero-order chi connectivity index (χ0) is 21.5. The predicted octanol–water partition coefficient (Wildman–Crippen LogP) is 2.47. The minimum absolute atomic E-state index is 0.168. The van der Waals surface area contributed by atoms with Crippen molar-refractivity contribution in [3.63, 3.8) is 0 Å². The first-order chi connectivity index (χ1) is 12.7. The van der Waals surface area contributed by atoms with E-state index in [1.807, 2.05) is 0 Å². The molecule has 1 aromatic carbocycles. The fourth-order valence-electron chi connectivity index (χ4n) is 2.69. The lowest BCUT2D eigenvalue weighted by Gasteiger charge is -2.35. The molecule has 0 spiro atoms. The average Bonchev–Trinajstić information content (AvgIpc) is 3.35. The van der Waals surface area contributed by atoms with Gasteiger partial charge in [0.05, 0.1) is 16.7 Å². The maximum Gasteiger partial charge on any atom is 0.269 e. The average molecular weight is 432 g/mol. The molecule has 11 heteroatoms. The molecule has 1 fully saturated rings. The minimum Gasteiger partial charge on any atom is -0.598 e. The summed E-state index contributed by atoms with van der Waals surface area (Å²) in [7, 11) is -4.04. The molecule has 1 aliphatic rings. The van der Waals surface area contributed by atoms with Crippen molar-refractivity contribution < 1.29 is 22.3 Å². The Morgan fingerprint density at radius 1 is 1.36 bits per heavy atom. The Balaban J connectivity index is 2.59. The number of nitro groups is 1. The molecule has 0 amide bonds. The van der Waals surface area contributed by atoms with Gasteiger partial charge in [0.15, 0.2) is 14.6 Å². The Kier molecular flexibility index (Phi) is 5.84.